The first-order chi connectivity index (χ1) is 16.4. The van der Waals surface area contributed by atoms with E-state index in [2.05, 4.69) is 24.4 Å². The molecule has 5 N–H and O–H groups in total. The molecule has 0 spiro atoms. The van der Waals surface area contributed by atoms with E-state index < -0.39 is 0 Å². The highest BCUT2D eigenvalue weighted by Gasteiger charge is 2.32. The van der Waals surface area contributed by atoms with Crippen LogP contribution < -0.4 is 16.8 Å². The van der Waals surface area contributed by atoms with Crippen molar-refractivity contribution in [1.29, 1.82) is 0 Å². The molecule has 6 heteroatoms. The Morgan fingerprint density at radius 1 is 0.941 bits per heavy atom. The Morgan fingerprint density at radius 3 is 2.21 bits per heavy atom. The Balaban J connectivity index is 1.22. The zero-order valence-corrected chi connectivity index (χ0v) is 19.2. The van der Waals surface area contributed by atoms with Crippen molar-refractivity contribution < 1.29 is 9.59 Å². The van der Waals surface area contributed by atoms with Gasteiger partial charge in [0.1, 0.15) is 0 Å². The Kier molecular flexibility index (Phi) is 5.57. The van der Waals surface area contributed by atoms with Crippen molar-refractivity contribution in [3.05, 3.63) is 94.8 Å². The fourth-order valence-electron chi connectivity index (χ4n) is 5.05. The number of allylic oxidation sites excluding steroid dienone is 3. The van der Waals surface area contributed by atoms with E-state index in [-0.39, 0.29) is 17.7 Å². The number of nitrogens with zero attached hydrogens (tertiary/aromatic N) is 1. The van der Waals surface area contributed by atoms with Crippen LogP contribution in [0.4, 0.5) is 5.69 Å². The van der Waals surface area contributed by atoms with Crippen LogP contribution in [0.15, 0.2) is 78.1 Å². The van der Waals surface area contributed by atoms with Gasteiger partial charge in [-0.15, -0.1) is 0 Å². The molecule has 0 saturated heterocycles. The number of rotatable bonds is 6. The maximum Gasteiger partial charge on any atom is 0.261 e. The van der Waals surface area contributed by atoms with Gasteiger partial charge in [0.25, 0.3) is 11.8 Å². The molecule has 0 radical (unpaired) electrons. The number of imide groups is 1. The summed E-state index contributed by atoms with van der Waals surface area (Å²) >= 11 is 0. The summed E-state index contributed by atoms with van der Waals surface area (Å²) in [7, 11) is 0. The Morgan fingerprint density at radius 2 is 1.59 bits per heavy atom. The van der Waals surface area contributed by atoms with E-state index in [0.29, 0.717) is 30.6 Å². The van der Waals surface area contributed by atoms with Gasteiger partial charge in [0, 0.05) is 46.7 Å². The lowest BCUT2D eigenvalue weighted by molar-refractivity contribution is 0.0610. The summed E-state index contributed by atoms with van der Waals surface area (Å²) in [6.45, 7) is 3.14. The smallest absolute Gasteiger partial charge is 0.261 e. The van der Waals surface area contributed by atoms with E-state index in [9.17, 15) is 9.59 Å². The number of nitrogens with two attached hydrogens (primary N) is 2. The minimum atomic E-state index is -0.221. The zero-order chi connectivity index (χ0) is 23.8. The second kappa shape index (κ2) is 8.71. The molecule has 3 aromatic carbocycles. The molecule has 0 fully saturated rings. The average molecular weight is 453 g/mol. The molecule has 1 heterocycles. The summed E-state index contributed by atoms with van der Waals surface area (Å²) in [5.41, 5.74) is 18.1. The maximum atomic E-state index is 13.0. The normalized spacial score (nSPS) is 17.9. The third-order valence-corrected chi connectivity index (χ3v) is 6.63. The lowest BCUT2D eigenvalue weighted by Crippen LogP contribution is -2.41. The van der Waals surface area contributed by atoms with Crippen molar-refractivity contribution in [2.75, 3.05) is 18.4 Å². The number of nitrogens with one attached hydrogen (secondary N) is 1. The molecule has 1 aliphatic heterocycles. The second-order valence-electron chi connectivity index (χ2n) is 9.02. The average Bonchev–Trinajstić information content (AvgIpc) is 2.82. The summed E-state index contributed by atoms with van der Waals surface area (Å²) < 4.78 is 0. The first-order valence-electron chi connectivity index (χ1n) is 11.6. The van der Waals surface area contributed by atoms with Crippen LogP contribution in [0.2, 0.25) is 0 Å². The number of anilines is 1. The standard InChI is InChI=1S/C28H28N4O2/c1-17-15-20(29)16-24(30)25(17)19-9-11-21(12-10-19)31-13-4-14-32-27(33)22-7-2-5-18-6-3-8-23(26(18)22)28(32)34/h2-3,5-12,16-17,31H,4,13-15,29-30H2,1H3. The molecule has 1 aliphatic carbocycles. The van der Waals surface area contributed by atoms with Gasteiger partial charge in [-0.05, 0) is 65.6 Å². The van der Waals surface area contributed by atoms with Crippen LogP contribution in [0.5, 0.6) is 0 Å². The van der Waals surface area contributed by atoms with Gasteiger partial charge in [0.2, 0.25) is 0 Å². The summed E-state index contributed by atoms with van der Waals surface area (Å²) in [5, 5.41) is 5.06. The van der Waals surface area contributed by atoms with Gasteiger partial charge in [0.05, 0.1) is 0 Å². The minimum Gasteiger partial charge on any atom is -0.402 e. The molecule has 2 amide bonds. The number of carbonyl (C=O) groups excluding carboxylic acids is 2. The molecule has 0 bridgehead atoms. The van der Waals surface area contributed by atoms with Crippen molar-refractivity contribution in [2.45, 2.75) is 19.8 Å². The molecule has 3 aromatic rings. The SMILES string of the molecule is CC1CC(N)=CC(N)=C1c1ccc(NCCCN2C(=O)c3cccc4cccc(c34)C2=O)cc1. The monoisotopic (exact) mass is 452 g/mol. The van der Waals surface area contributed by atoms with Gasteiger partial charge in [-0.2, -0.15) is 0 Å². The largest absolute Gasteiger partial charge is 0.402 e. The van der Waals surface area contributed by atoms with Gasteiger partial charge >= 0.3 is 0 Å². The Bertz CT molecular complexity index is 1300. The third-order valence-electron chi connectivity index (χ3n) is 6.63. The van der Waals surface area contributed by atoms with Crippen molar-refractivity contribution in [1.82, 2.24) is 4.90 Å². The van der Waals surface area contributed by atoms with E-state index >= 15 is 0 Å². The number of benzene rings is 3. The maximum absolute atomic E-state index is 13.0. The summed E-state index contributed by atoms with van der Waals surface area (Å²) in [6.07, 6.45) is 3.31. The predicted molar refractivity (Wildman–Crippen MR) is 136 cm³/mol. The lowest BCUT2D eigenvalue weighted by Gasteiger charge is -2.27. The fraction of sp³-hybridized carbons (Fsp3) is 0.214. The molecule has 2 aliphatic rings. The third kappa shape index (κ3) is 3.81. The highest BCUT2D eigenvalue weighted by atomic mass is 16.2. The number of hydrogen-bond acceptors (Lipinski definition) is 5. The number of carbonyl (C=O) groups is 2. The van der Waals surface area contributed by atoms with E-state index in [1.165, 1.54) is 4.90 Å². The molecule has 172 valence electrons. The summed E-state index contributed by atoms with van der Waals surface area (Å²) in [5.74, 6) is -0.166. The molecule has 1 unspecified atom stereocenters. The van der Waals surface area contributed by atoms with Crippen LogP contribution in [0.1, 0.15) is 46.0 Å². The van der Waals surface area contributed by atoms with Crippen LogP contribution in [-0.2, 0) is 0 Å². The van der Waals surface area contributed by atoms with E-state index in [0.717, 1.165) is 45.4 Å². The van der Waals surface area contributed by atoms with Crippen molar-refractivity contribution >= 4 is 33.8 Å². The minimum absolute atomic E-state index is 0.221. The van der Waals surface area contributed by atoms with Crippen LogP contribution in [0.25, 0.3) is 16.3 Å². The molecular weight excluding hydrogens is 424 g/mol. The van der Waals surface area contributed by atoms with Crippen molar-refractivity contribution in [2.24, 2.45) is 17.4 Å². The van der Waals surface area contributed by atoms with Gasteiger partial charge in [-0.3, -0.25) is 14.5 Å². The Labute approximate surface area is 198 Å². The van der Waals surface area contributed by atoms with Gasteiger partial charge in [-0.25, -0.2) is 0 Å². The number of hydrogen-bond donors (Lipinski definition) is 3. The molecule has 5 rings (SSSR count). The van der Waals surface area contributed by atoms with Crippen molar-refractivity contribution in [3.8, 4) is 0 Å². The predicted octanol–water partition coefficient (Wildman–Crippen LogP) is 4.49. The fourth-order valence-corrected chi connectivity index (χ4v) is 5.05. The molecule has 0 aromatic heterocycles. The zero-order valence-electron chi connectivity index (χ0n) is 19.2. The highest BCUT2D eigenvalue weighted by Crippen LogP contribution is 2.34. The molecular formula is C28H28N4O2. The highest BCUT2D eigenvalue weighted by molar-refractivity contribution is 6.25. The molecule has 6 nitrogen and oxygen atoms in total. The van der Waals surface area contributed by atoms with Gasteiger partial charge < -0.3 is 16.8 Å². The number of amides is 2. The topological polar surface area (TPSA) is 101 Å². The molecule has 34 heavy (non-hydrogen) atoms. The van der Waals surface area contributed by atoms with Crippen LogP contribution in [0, 0.1) is 5.92 Å². The quantitative estimate of drug-likeness (QED) is 0.378. The molecule has 1 atom stereocenters. The summed E-state index contributed by atoms with van der Waals surface area (Å²) in [4.78, 5) is 27.4. The van der Waals surface area contributed by atoms with Crippen LogP contribution in [-0.4, -0.2) is 29.8 Å². The molecule has 0 saturated carbocycles. The van der Waals surface area contributed by atoms with E-state index in [1.807, 2.05) is 42.5 Å². The Hall–Kier alpha value is -4.06. The van der Waals surface area contributed by atoms with E-state index in [4.69, 9.17) is 11.5 Å². The van der Waals surface area contributed by atoms with Crippen LogP contribution >= 0.6 is 0 Å². The summed E-state index contributed by atoms with van der Waals surface area (Å²) in [6, 6.07) is 19.4. The van der Waals surface area contributed by atoms with Crippen molar-refractivity contribution in [3.63, 3.8) is 0 Å². The lowest BCUT2D eigenvalue weighted by atomic mass is 9.85. The van der Waals surface area contributed by atoms with E-state index in [1.54, 1.807) is 12.1 Å². The second-order valence-corrected chi connectivity index (χ2v) is 9.02. The van der Waals surface area contributed by atoms with Crippen LogP contribution in [0.3, 0.4) is 0 Å². The van der Waals surface area contributed by atoms with Gasteiger partial charge in [-0.1, -0.05) is 43.3 Å². The first kappa shape index (κ1) is 21.8. The van der Waals surface area contributed by atoms with Gasteiger partial charge in [0.15, 0.2) is 0 Å². The first-order valence-corrected chi connectivity index (χ1v) is 11.6.